The first kappa shape index (κ1) is 22.9. The van der Waals surface area contributed by atoms with E-state index < -0.39 is 23.4 Å². The molecule has 4 aromatic rings. The molecule has 2 heterocycles. The van der Waals surface area contributed by atoms with Gasteiger partial charge in [0.2, 0.25) is 0 Å². The zero-order valence-corrected chi connectivity index (χ0v) is 21.0. The first-order chi connectivity index (χ1) is 18.5. The monoisotopic (exact) mass is 515 g/mol. The van der Waals surface area contributed by atoms with Crippen LogP contribution in [0.2, 0.25) is 5.02 Å². The van der Waals surface area contributed by atoms with Crippen LogP contribution in [0.1, 0.15) is 48.1 Å². The van der Waals surface area contributed by atoms with Gasteiger partial charge in [-0.25, -0.2) is 0 Å². The molecule has 1 saturated heterocycles. The molecule has 0 saturated carbocycles. The smallest absolute Gasteiger partial charge is 0.185 e. The van der Waals surface area contributed by atoms with E-state index in [4.69, 9.17) is 11.6 Å². The molecule has 1 aliphatic carbocycles. The van der Waals surface area contributed by atoms with Crippen LogP contribution in [0.3, 0.4) is 0 Å². The number of Topliss-reactive ketones (excluding diaryl/α,β-unsaturated/α-hetero) is 3. The van der Waals surface area contributed by atoms with Gasteiger partial charge in [0.1, 0.15) is 11.5 Å². The van der Waals surface area contributed by atoms with E-state index in [9.17, 15) is 14.4 Å². The van der Waals surface area contributed by atoms with E-state index in [1.807, 2.05) is 77.7 Å². The van der Waals surface area contributed by atoms with Crippen molar-refractivity contribution in [3.63, 3.8) is 0 Å². The summed E-state index contributed by atoms with van der Waals surface area (Å²) in [4.78, 5) is 45.5. The van der Waals surface area contributed by atoms with Crippen molar-refractivity contribution in [1.82, 2.24) is 0 Å². The average Bonchev–Trinajstić information content (AvgIpc) is 3.39. The molecule has 3 atom stereocenters. The second-order valence-corrected chi connectivity index (χ2v) is 10.5. The van der Waals surface area contributed by atoms with Crippen LogP contribution < -0.4 is 4.90 Å². The topological polar surface area (TPSA) is 54.5 Å². The van der Waals surface area contributed by atoms with Crippen LogP contribution in [-0.4, -0.2) is 29.4 Å². The van der Waals surface area contributed by atoms with Gasteiger partial charge >= 0.3 is 0 Å². The lowest BCUT2D eigenvalue weighted by molar-refractivity contribution is 0.0666. The van der Waals surface area contributed by atoms with Crippen LogP contribution in [0.5, 0.6) is 0 Å². The minimum Gasteiger partial charge on any atom is -0.352 e. The van der Waals surface area contributed by atoms with Crippen molar-refractivity contribution in [3.8, 4) is 0 Å². The van der Waals surface area contributed by atoms with E-state index in [0.717, 1.165) is 16.8 Å². The molecule has 0 radical (unpaired) electrons. The van der Waals surface area contributed by atoms with Crippen LogP contribution in [0.15, 0.2) is 109 Å². The van der Waals surface area contributed by atoms with Crippen molar-refractivity contribution in [2.24, 2.45) is 5.41 Å². The van der Waals surface area contributed by atoms with Gasteiger partial charge in [-0.2, -0.15) is 0 Å². The summed E-state index contributed by atoms with van der Waals surface area (Å²) in [6.07, 6.45) is 3.83. The Labute approximate surface area is 225 Å². The number of rotatable bonds is 3. The number of halogens is 1. The maximum atomic E-state index is 14.5. The Morgan fingerprint density at radius 1 is 0.763 bits per heavy atom. The minimum atomic E-state index is -1.49. The van der Waals surface area contributed by atoms with Crippen molar-refractivity contribution in [1.29, 1.82) is 0 Å². The number of nitrogens with zero attached hydrogens (tertiary/aromatic N) is 1. The normalized spacial score (nSPS) is 22.3. The lowest BCUT2D eigenvalue weighted by atomic mass is 9.64. The molecular formula is C33H22ClNO3. The summed E-state index contributed by atoms with van der Waals surface area (Å²) in [5, 5.41) is 0.576. The highest BCUT2D eigenvalue weighted by Crippen LogP contribution is 2.61. The first-order valence-electron chi connectivity index (χ1n) is 12.6. The van der Waals surface area contributed by atoms with E-state index in [1.165, 1.54) is 0 Å². The SMILES string of the molecule is O=C(c1ccccc1)[C@@H]1[C@@H](c2ccccc2)C2(C(=O)c3ccccc3C2=O)[C@H]2C=Cc3cc(Cl)ccc3N12. The molecule has 1 fully saturated rings. The molecule has 0 N–H and O–H groups in total. The Bertz CT molecular complexity index is 1630. The van der Waals surface area contributed by atoms with E-state index in [2.05, 4.69) is 0 Å². The number of carbonyl (C=O) groups excluding carboxylic acids is 3. The summed E-state index contributed by atoms with van der Waals surface area (Å²) in [5.74, 6) is -1.30. The molecule has 3 aliphatic rings. The first-order valence-corrected chi connectivity index (χ1v) is 13.0. The minimum absolute atomic E-state index is 0.130. The van der Waals surface area contributed by atoms with E-state index in [1.54, 1.807) is 42.5 Å². The molecule has 4 nitrogen and oxygen atoms in total. The molecule has 2 aliphatic heterocycles. The van der Waals surface area contributed by atoms with E-state index in [-0.39, 0.29) is 17.3 Å². The Balaban J connectivity index is 1.55. The predicted molar refractivity (Wildman–Crippen MR) is 148 cm³/mol. The maximum Gasteiger partial charge on any atom is 0.185 e. The number of benzene rings is 4. The molecule has 1 spiro atoms. The van der Waals surface area contributed by atoms with Crippen molar-refractivity contribution in [2.45, 2.75) is 18.0 Å². The van der Waals surface area contributed by atoms with E-state index >= 15 is 0 Å². The van der Waals surface area contributed by atoms with Gasteiger partial charge in [0.25, 0.3) is 0 Å². The highest BCUT2D eigenvalue weighted by molar-refractivity contribution is 6.32. The second-order valence-electron chi connectivity index (χ2n) is 10.1. The van der Waals surface area contributed by atoms with Crippen LogP contribution in [0.25, 0.3) is 6.08 Å². The molecular weight excluding hydrogens is 494 g/mol. The standard InChI is InChI=1S/C33H22ClNO3/c34-23-16-17-26-22(19-23)15-18-27-33(31(37)24-13-7-8-14-25(24)32(33)38)28(20-9-3-1-4-10-20)29(35(26)27)30(36)21-11-5-2-6-12-21/h1-19,27-29H/t27-,28-,29+/m1/s1. The zero-order valence-electron chi connectivity index (χ0n) is 20.3. The Morgan fingerprint density at radius 3 is 2.03 bits per heavy atom. The van der Waals surface area contributed by atoms with Gasteiger partial charge in [0.15, 0.2) is 17.3 Å². The molecule has 0 unspecified atom stereocenters. The zero-order chi connectivity index (χ0) is 26.0. The molecule has 0 bridgehead atoms. The van der Waals surface area contributed by atoms with Gasteiger partial charge in [-0.05, 0) is 29.3 Å². The van der Waals surface area contributed by atoms with Crippen molar-refractivity contribution in [3.05, 3.63) is 142 Å². The van der Waals surface area contributed by atoms with Gasteiger partial charge in [0.05, 0.1) is 6.04 Å². The molecule has 0 amide bonds. The van der Waals surface area contributed by atoms with Crippen LogP contribution in [0.4, 0.5) is 5.69 Å². The summed E-state index contributed by atoms with van der Waals surface area (Å²) in [7, 11) is 0. The number of fused-ring (bicyclic) bond motifs is 5. The number of hydrogen-bond acceptors (Lipinski definition) is 4. The number of carbonyl (C=O) groups is 3. The van der Waals surface area contributed by atoms with Crippen LogP contribution >= 0.6 is 11.6 Å². The largest absolute Gasteiger partial charge is 0.352 e. The quantitative estimate of drug-likeness (QED) is 0.226. The Morgan fingerprint density at radius 2 is 1.37 bits per heavy atom. The molecule has 38 heavy (non-hydrogen) atoms. The van der Waals surface area contributed by atoms with Gasteiger partial charge in [-0.1, -0.05) is 109 Å². The van der Waals surface area contributed by atoms with Gasteiger partial charge in [-0.15, -0.1) is 0 Å². The second kappa shape index (κ2) is 8.37. The number of hydrogen-bond donors (Lipinski definition) is 0. The highest BCUT2D eigenvalue weighted by atomic mass is 35.5. The maximum absolute atomic E-state index is 14.5. The third-order valence-corrected chi connectivity index (χ3v) is 8.49. The summed E-state index contributed by atoms with van der Waals surface area (Å²) >= 11 is 6.34. The summed E-state index contributed by atoms with van der Waals surface area (Å²) in [6.45, 7) is 0. The molecule has 0 aromatic heterocycles. The lowest BCUT2D eigenvalue weighted by Crippen LogP contribution is -2.48. The third-order valence-electron chi connectivity index (χ3n) is 8.25. The van der Waals surface area contributed by atoms with Gasteiger partial charge in [-0.3, -0.25) is 14.4 Å². The predicted octanol–water partition coefficient (Wildman–Crippen LogP) is 6.66. The van der Waals surface area contributed by atoms with Crippen LogP contribution in [-0.2, 0) is 0 Å². The summed E-state index contributed by atoms with van der Waals surface area (Å²) < 4.78 is 0. The number of anilines is 1. The van der Waals surface area contributed by atoms with Crippen molar-refractivity contribution < 1.29 is 14.4 Å². The number of ketones is 3. The van der Waals surface area contributed by atoms with Crippen molar-refractivity contribution in [2.75, 3.05) is 4.90 Å². The average molecular weight is 516 g/mol. The van der Waals surface area contributed by atoms with Crippen molar-refractivity contribution >= 4 is 40.7 Å². The molecule has 4 aromatic carbocycles. The van der Waals surface area contributed by atoms with Gasteiger partial charge in [0, 0.05) is 33.3 Å². The Kier molecular flexibility index (Phi) is 5.04. The fourth-order valence-electron chi connectivity index (χ4n) is 6.75. The van der Waals surface area contributed by atoms with E-state index in [0.29, 0.717) is 21.7 Å². The lowest BCUT2D eigenvalue weighted by Gasteiger charge is -2.37. The fraction of sp³-hybridized carbons (Fsp3) is 0.121. The Hall–Kier alpha value is -4.28. The molecule has 5 heteroatoms. The third kappa shape index (κ3) is 2.95. The van der Waals surface area contributed by atoms with Crippen LogP contribution in [0, 0.1) is 5.41 Å². The molecule has 7 rings (SSSR count). The fourth-order valence-corrected chi connectivity index (χ4v) is 6.93. The van der Waals surface area contributed by atoms with Gasteiger partial charge < -0.3 is 4.90 Å². The summed E-state index contributed by atoms with van der Waals surface area (Å²) in [5.41, 5.74) is 2.30. The summed E-state index contributed by atoms with van der Waals surface area (Å²) in [6, 6.07) is 29.8. The molecule has 184 valence electrons. The highest BCUT2D eigenvalue weighted by Gasteiger charge is 2.71.